The molecular formula is C21H17N3O5. The molecule has 1 atom stereocenters. The standard InChI is InChI=1S/C21H17N3O5/c1-21(12-6-7-17-18(8-12)29-11-28-17)19(26)24(20(27)23-21)10-16(25)14-9-22-15-5-3-2-4-13(14)15/h2-9,22H,10-11H2,1H3,(H,23,27)/t21-/m1/s1. The number of carbonyl (C=O) groups is 3. The summed E-state index contributed by atoms with van der Waals surface area (Å²) in [7, 11) is 0. The molecule has 3 amide bonds. The molecule has 8 nitrogen and oxygen atoms in total. The van der Waals surface area contributed by atoms with Gasteiger partial charge in [0.2, 0.25) is 6.79 Å². The predicted molar refractivity (Wildman–Crippen MR) is 103 cm³/mol. The molecule has 0 saturated carbocycles. The number of para-hydroxylation sites is 1. The number of carbonyl (C=O) groups excluding carboxylic acids is 3. The number of fused-ring (bicyclic) bond motifs is 2. The van der Waals surface area contributed by atoms with Gasteiger partial charge in [-0.2, -0.15) is 0 Å². The highest BCUT2D eigenvalue weighted by Gasteiger charge is 2.50. The summed E-state index contributed by atoms with van der Waals surface area (Å²) in [5.74, 6) is 0.287. The van der Waals surface area contributed by atoms with Crippen LogP contribution in [-0.4, -0.2) is 40.9 Å². The Morgan fingerprint density at radius 2 is 1.93 bits per heavy atom. The summed E-state index contributed by atoms with van der Waals surface area (Å²) >= 11 is 0. The van der Waals surface area contributed by atoms with Crippen LogP contribution < -0.4 is 14.8 Å². The normalized spacial score (nSPS) is 20.4. The van der Waals surface area contributed by atoms with E-state index in [2.05, 4.69) is 10.3 Å². The van der Waals surface area contributed by atoms with Crippen molar-refractivity contribution in [1.29, 1.82) is 0 Å². The lowest BCUT2D eigenvalue weighted by molar-refractivity contribution is -0.130. The first-order valence-electron chi connectivity index (χ1n) is 9.11. The summed E-state index contributed by atoms with van der Waals surface area (Å²) in [4.78, 5) is 42.5. The van der Waals surface area contributed by atoms with Gasteiger partial charge >= 0.3 is 6.03 Å². The Balaban J connectivity index is 1.42. The number of hydrogen-bond donors (Lipinski definition) is 2. The smallest absolute Gasteiger partial charge is 0.325 e. The van der Waals surface area contributed by atoms with E-state index in [1.54, 1.807) is 31.3 Å². The molecule has 3 heterocycles. The molecule has 2 aliphatic rings. The zero-order valence-corrected chi connectivity index (χ0v) is 15.5. The van der Waals surface area contributed by atoms with Crippen molar-refractivity contribution in [2.75, 3.05) is 13.3 Å². The second-order valence-electron chi connectivity index (χ2n) is 7.19. The summed E-state index contributed by atoms with van der Waals surface area (Å²) in [5.41, 5.74) is 0.525. The molecule has 146 valence electrons. The average Bonchev–Trinajstić information content (AvgIpc) is 3.41. The van der Waals surface area contributed by atoms with Crippen molar-refractivity contribution < 1.29 is 23.9 Å². The third kappa shape index (κ3) is 2.56. The van der Waals surface area contributed by atoms with Crippen LogP contribution in [0.2, 0.25) is 0 Å². The third-order valence-electron chi connectivity index (χ3n) is 5.42. The quantitative estimate of drug-likeness (QED) is 0.526. The minimum absolute atomic E-state index is 0.112. The number of Topliss-reactive ketones (excluding diaryl/α,β-unsaturated/α-hetero) is 1. The van der Waals surface area contributed by atoms with Gasteiger partial charge < -0.3 is 19.8 Å². The van der Waals surface area contributed by atoms with Gasteiger partial charge in [-0.3, -0.25) is 14.5 Å². The van der Waals surface area contributed by atoms with Crippen LogP contribution in [0.5, 0.6) is 11.5 Å². The minimum atomic E-state index is -1.29. The van der Waals surface area contributed by atoms with Gasteiger partial charge in [-0.15, -0.1) is 0 Å². The van der Waals surface area contributed by atoms with Crippen molar-refractivity contribution in [2.24, 2.45) is 0 Å². The van der Waals surface area contributed by atoms with Gasteiger partial charge in [0, 0.05) is 22.7 Å². The molecule has 0 spiro atoms. The number of urea groups is 1. The maximum absolute atomic E-state index is 13.1. The number of nitrogens with zero attached hydrogens (tertiary/aromatic N) is 1. The van der Waals surface area contributed by atoms with E-state index in [9.17, 15) is 14.4 Å². The number of hydrogen-bond acceptors (Lipinski definition) is 5. The molecule has 5 rings (SSSR count). The molecule has 1 fully saturated rings. The molecule has 29 heavy (non-hydrogen) atoms. The highest BCUT2D eigenvalue weighted by atomic mass is 16.7. The molecule has 3 aromatic rings. The van der Waals surface area contributed by atoms with Gasteiger partial charge in [-0.1, -0.05) is 24.3 Å². The van der Waals surface area contributed by atoms with Crippen molar-refractivity contribution in [3.63, 3.8) is 0 Å². The number of ether oxygens (including phenoxy) is 2. The monoisotopic (exact) mass is 391 g/mol. The molecule has 0 unspecified atom stereocenters. The van der Waals surface area contributed by atoms with Crippen LogP contribution in [0.15, 0.2) is 48.7 Å². The highest BCUT2D eigenvalue weighted by molar-refractivity contribution is 6.14. The summed E-state index contributed by atoms with van der Waals surface area (Å²) in [6, 6.07) is 11.8. The van der Waals surface area contributed by atoms with Crippen molar-refractivity contribution in [3.05, 3.63) is 59.8 Å². The summed E-state index contributed by atoms with van der Waals surface area (Å²) < 4.78 is 10.7. The lowest BCUT2D eigenvalue weighted by Gasteiger charge is -2.22. The number of aromatic amines is 1. The molecule has 2 aromatic carbocycles. The summed E-state index contributed by atoms with van der Waals surface area (Å²) in [6.45, 7) is 1.38. The molecule has 1 saturated heterocycles. The Morgan fingerprint density at radius 3 is 2.79 bits per heavy atom. The Hall–Kier alpha value is -3.81. The van der Waals surface area contributed by atoms with Gasteiger partial charge in [0.15, 0.2) is 17.3 Å². The first-order valence-corrected chi connectivity index (χ1v) is 9.11. The molecule has 2 N–H and O–H groups in total. The van der Waals surface area contributed by atoms with Crippen LogP contribution >= 0.6 is 0 Å². The number of nitrogens with one attached hydrogen (secondary N) is 2. The van der Waals surface area contributed by atoms with Crippen LogP contribution in [-0.2, 0) is 10.3 Å². The maximum atomic E-state index is 13.1. The van der Waals surface area contributed by atoms with Crippen LogP contribution in [0.3, 0.4) is 0 Å². The number of amides is 3. The predicted octanol–water partition coefficient (Wildman–Crippen LogP) is 2.55. The number of H-pyrrole nitrogens is 1. The highest BCUT2D eigenvalue weighted by Crippen LogP contribution is 2.37. The van der Waals surface area contributed by atoms with Crippen LogP contribution in [0.25, 0.3) is 10.9 Å². The average molecular weight is 391 g/mol. The second kappa shape index (κ2) is 6.10. The van der Waals surface area contributed by atoms with Crippen LogP contribution in [0.1, 0.15) is 22.8 Å². The van der Waals surface area contributed by atoms with E-state index in [1.165, 1.54) is 0 Å². The lowest BCUT2D eigenvalue weighted by Crippen LogP contribution is -2.41. The summed E-state index contributed by atoms with van der Waals surface area (Å²) in [6.07, 6.45) is 1.60. The Bertz CT molecular complexity index is 1180. The van der Waals surface area contributed by atoms with E-state index in [0.29, 0.717) is 22.6 Å². The van der Waals surface area contributed by atoms with Gasteiger partial charge in [0.05, 0.1) is 6.54 Å². The Kier molecular flexibility index (Phi) is 3.64. The number of benzene rings is 2. The first kappa shape index (κ1) is 17.3. The van der Waals surface area contributed by atoms with E-state index in [-0.39, 0.29) is 19.1 Å². The van der Waals surface area contributed by atoms with Gasteiger partial charge in [0.25, 0.3) is 5.91 Å². The number of imide groups is 1. The molecule has 8 heteroatoms. The number of aromatic nitrogens is 1. The van der Waals surface area contributed by atoms with Crippen molar-refractivity contribution in [2.45, 2.75) is 12.5 Å². The van der Waals surface area contributed by atoms with Gasteiger partial charge in [0.1, 0.15) is 5.54 Å². The summed E-state index contributed by atoms with van der Waals surface area (Å²) in [5, 5.41) is 3.46. The van der Waals surface area contributed by atoms with Gasteiger partial charge in [-0.25, -0.2) is 4.79 Å². The number of ketones is 1. The molecule has 0 aliphatic carbocycles. The largest absolute Gasteiger partial charge is 0.454 e. The zero-order chi connectivity index (χ0) is 20.2. The van der Waals surface area contributed by atoms with E-state index in [1.807, 2.05) is 24.3 Å². The molecule has 2 aliphatic heterocycles. The fraction of sp³-hybridized carbons (Fsp3) is 0.190. The molecular weight excluding hydrogens is 374 g/mol. The van der Waals surface area contributed by atoms with Crippen molar-refractivity contribution in [1.82, 2.24) is 15.2 Å². The van der Waals surface area contributed by atoms with Crippen molar-refractivity contribution in [3.8, 4) is 11.5 Å². The fourth-order valence-electron chi connectivity index (χ4n) is 3.77. The van der Waals surface area contributed by atoms with E-state index in [4.69, 9.17) is 9.47 Å². The Labute approximate surface area is 165 Å². The molecule has 0 bridgehead atoms. The Morgan fingerprint density at radius 1 is 1.14 bits per heavy atom. The molecule has 1 aromatic heterocycles. The minimum Gasteiger partial charge on any atom is -0.454 e. The van der Waals surface area contributed by atoms with Crippen molar-refractivity contribution >= 4 is 28.6 Å². The van der Waals surface area contributed by atoms with E-state index >= 15 is 0 Å². The third-order valence-corrected chi connectivity index (χ3v) is 5.42. The zero-order valence-electron chi connectivity index (χ0n) is 15.5. The topological polar surface area (TPSA) is 101 Å². The van der Waals surface area contributed by atoms with Gasteiger partial charge in [-0.05, 0) is 30.7 Å². The molecule has 0 radical (unpaired) electrons. The maximum Gasteiger partial charge on any atom is 0.325 e. The van der Waals surface area contributed by atoms with E-state index < -0.39 is 17.5 Å². The lowest BCUT2D eigenvalue weighted by atomic mass is 9.91. The van der Waals surface area contributed by atoms with Crippen LogP contribution in [0, 0.1) is 0 Å². The second-order valence-corrected chi connectivity index (χ2v) is 7.19. The van der Waals surface area contributed by atoms with E-state index in [0.717, 1.165) is 15.8 Å². The van der Waals surface area contributed by atoms with Crippen LogP contribution in [0.4, 0.5) is 4.79 Å². The SMILES string of the molecule is C[C@]1(c2ccc3c(c2)OCO3)NC(=O)N(CC(=O)c2c[nH]c3ccccc23)C1=O. The fourth-order valence-corrected chi connectivity index (χ4v) is 3.77. The first-order chi connectivity index (χ1) is 14.0. The number of rotatable bonds is 4.